The largest absolute Gasteiger partial charge is 0.456 e. The van der Waals surface area contributed by atoms with Crippen LogP contribution in [0, 0.1) is 0 Å². The van der Waals surface area contributed by atoms with Gasteiger partial charge in [0.2, 0.25) is 0 Å². The highest BCUT2D eigenvalue weighted by Gasteiger charge is 2.17. The molecule has 3 nitrogen and oxygen atoms in total. The van der Waals surface area contributed by atoms with Crippen LogP contribution >= 0.6 is 11.3 Å². The van der Waals surface area contributed by atoms with Crippen molar-refractivity contribution in [2.75, 3.05) is 4.90 Å². The summed E-state index contributed by atoms with van der Waals surface area (Å²) in [6, 6.07) is 60.3. The maximum atomic E-state index is 6.20. The summed E-state index contributed by atoms with van der Waals surface area (Å²) in [5.41, 5.74) is 9.58. The smallest absolute Gasteiger partial charge is 0.136 e. The molecule has 0 aliphatic heterocycles. The molecule has 0 radical (unpaired) electrons. The molecule has 230 valence electrons. The van der Waals surface area contributed by atoms with Crippen LogP contribution in [0.4, 0.5) is 17.1 Å². The molecule has 0 aliphatic carbocycles. The lowest BCUT2D eigenvalue weighted by Gasteiger charge is -2.26. The van der Waals surface area contributed by atoms with Crippen molar-refractivity contribution < 1.29 is 4.42 Å². The summed E-state index contributed by atoms with van der Waals surface area (Å²) in [4.78, 5) is 7.40. The van der Waals surface area contributed by atoms with Gasteiger partial charge >= 0.3 is 0 Å². The number of benzene rings is 8. The van der Waals surface area contributed by atoms with Crippen LogP contribution in [-0.4, -0.2) is 4.98 Å². The Balaban J connectivity index is 1.10. The number of fused-ring (bicyclic) bond motifs is 8. The predicted octanol–water partition coefficient (Wildman–Crippen LogP) is 13.3. The van der Waals surface area contributed by atoms with Gasteiger partial charge in [0.15, 0.2) is 0 Å². The van der Waals surface area contributed by atoms with Gasteiger partial charge in [-0.3, -0.25) is 0 Å². The number of hydrogen-bond donors (Lipinski definition) is 0. The normalized spacial score (nSPS) is 11.7. The summed E-state index contributed by atoms with van der Waals surface area (Å²) in [5, 5.41) is 8.24. The number of thiazole rings is 1. The van der Waals surface area contributed by atoms with E-state index in [1.807, 2.05) is 12.1 Å². The molecule has 0 fully saturated rings. The maximum Gasteiger partial charge on any atom is 0.136 e. The fourth-order valence-electron chi connectivity index (χ4n) is 7.09. The van der Waals surface area contributed by atoms with E-state index in [9.17, 15) is 0 Å². The van der Waals surface area contributed by atoms with Gasteiger partial charge < -0.3 is 9.32 Å². The highest BCUT2D eigenvalue weighted by Crippen LogP contribution is 2.42. The van der Waals surface area contributed by atoms with Gasteiger partial charge in [-0.05, 0) is 87.9 Å². The van der Waals surface area contributed by atoms with Crippen LogP contribution in [0.5, 0.6) is 0 Å². The Hall–Kier alpha value is -6.23. The van der Waals surface area contributed by atoms with Crippen LogP contribution in [0.2, 0.25) is 0 Å². The van der Waals surface area contributed by atoms with Crippen molar-refractivity contribution in [3.8, 4) is 21.7 Å². The SMILES string of the molecule is c1ccc(-c2nc3ccc4ccc5ccc(N(c6ccccc6)c6ccc(-c7ccc8c(c7)oc7ccccc78)cc6)cc5c4c3s2)cc1. The van der Waals surface area contributed by atoms with Crippen molar-refractivity contribution in [1.82, 2.24) is 4.98 Å². The number of para-hydroxylation sites is 2. The molecular weight excluding hydrogens is 617 g/mol. The lowest BCUT2D eigenvalue weighted by molar-refractivity contribution is 0.669. The van der Waals surface area contributed by atoms with Crippen molar-refractivity contribution in [2.45, 2.75) is 0 Å². The standard InChI is InChI=1S/C45H28N2OS/c1-3-9-32(10-4-1)45-46-40-26-21-31-16-15-30-19-24-36(28-39(30)43(31)44(40)49-45)47(34-11-5-2-6-12-34)35-22-17-29(18-23-35)33-20-25-38-37-13-7-8-14-41(37)48-42(38)27-33/h1-28H. The van der Waals surface area contributed by atoms with Gasteiger partial charge in [-0.15, -0.1) is 11.3 Å². The van der Waals surface area contributed by atoms with Crippen molar-refractivity contribution in [1.29, 1.82) is 0 Å². The third kappa shape index (κ3) is 4.68. The number of aromatic nitrogens is 1. The first kappa shape index (κ1) is 27.8. The topological polar surface area (TPSA) is 29.3 Å². The first-order valence-corrected chi connectivity index (χ1v) is 17.3. The molecule has 0 saturated heterocycles. The Bertz CT molecular complexity index is 2820. The molecule has 0 spiro atoms. The molecule has 0 aliphatic rings. The minimum absolute atomic E-state index is 0.906. The molecular formula is C45H28N2OS. The van der Waals surface area contributed by atoms with E-state index in [1.165, 1.54) is 26.2 Å². The summed E-state index contributed by atoms with van der Waals surface area (Å²) in [7, 11) is 0. The monoisotopic (exact) mass is 644 g/mol. The minimum atomic E-state index is 0.906. The van der Waals surface area contributed by atoms with Crippen LogP contribution in [0.1, 0.15) is 0 Å². The molecule has 0 amide bonds. The van der Waals surface area contributed by atoms with E-state index < -0.39 is 0 Å². The van der Waals surface area contributed by atoms with E-state index >= 15 is 0 Å². The molecule has 0 saturated carbocycles. The van der Waals surface area contributed by atoms with Gasteiger partial charge in [-0.25, -0.2) is 4.98 Å². The average Bonchev–Trinajstić information content (AvgIpc) is 3.78. The minimum Gasteiger partial charge on any atom is -0.456 e. The quantitative estimate of drug-likeness (QED) is 0.175. The molecule has 10 aromatic rings. The van der Waals surface area contributed by atoms with E-state index in [1.54, 1.807) is 11.3 Å². The second-order valence-electron chi connectivity index (χ2n) is 12.4. The molecule has 0 atom stereocenters. The van der Waals surface area contributed by atoms with Crippen LogP contribution < -0.4 is 4.90 Å². The van der Waals surface area contributed by atoms with Crippen molar-refractivity contribution in [2.24, 2.45) is 0 Å². The van der Waals surface area contributed by atoms with E-state index in [2.05, 4.69) is 163 Å². The second-order valence-corrected chi connectivity index (χ2v) is 13.4. The summed E-state index contributed by atoms with van der Waals surface area (Å²) in [6.45, 7) is 0. The third-order valence-corrected chi connectivity index (χ3v) is 10.6. The Kier molecular flexibility index (Phi) is 6.36. The van der Waals surface area contributed by atoms with Gasteiger partial charge in [-0.1, -0.05) is 109 Å². The Morgan fingerprint density at radius 1 is 0.449 bits per heavy atom. The molecule has 0 N–H and O–H groups in total. The van der Waals surface area contributed by atoms with E-state index in [0.29, 0.717) is 0 Å². The number of hydrogen-bond acceptors (Lipinski definition) is 4. The van der Waals surface area contributed by atoms with Gasteiger partial charge in [0.1, 0.15) is 16.2 Å². The molecule has 4 heteroatoms. The van der Waals surface area contributed by atoms with Gasteiger partial charge in [0.05, 0.1) is 10.2 Å². The van der Waals surface area contributed by atoms with E-state index in [4.69, 9.17) is 9.40 Å². The first-order valence-electron chi connectivity index (χ1n) is 16.5. The van der Waals surface area contributed by atoms with Crippen molar-refractivity contribution >= 4 is 82.1 Å². The number of nitrogens with zero attached hydrogens (tertiary/aromatic N) is 2. The highest BCUT2D eigenvalue weighted by atomic mass is 32.1. The number of rotatable bonds is 5. The Morgan fingerprint density at radius 3 is 1.96 bits per heavy atom. The molecule has 8 aromatic carbocycles. The number of anilines is 3. The molecule has 0 bridgehead atoms. The zero-order valence-corrected chi connectivity index (χ0v) is 27.2. The first-order chi connectivity index (χ1) is 24.3. The fourth-order valence-corrected chi connectivity index (χ4v) is 8.22. The van der Waals surface area contributed by atoms with E-state index in [-0.39, 0.29) is 0 Å². The molecule has 10 rings (SSSR count). The molecule has 0 unspecified atom stereocenters. The summed E-state index contributed by atoms with van der Waals surface area (Å²) in [6.07, 6.45) is 0. The Labute approximate surface area is 286 Å². The molecule has 2 aromatic heterocycles. The van der Waals surface area contributed by atoms with Crippen molar-refractivity contribution in [3.63, 3.8) is 0 Å². The van der Waals surface area contributed by atoms with Crippen LogP contribution in [0.3, 0.4) is 0 Å². The summed E-state index contributed by atoms with van der Waals surface area (Å²) in [5.74, 6) is 0. The zero-order chi connectivity index (χ0) is 32.3. The van der Waals surface area contributed by atoms with Gasteiger partial charge in [0, 0.05) is 38.8 Å². The second kappa shape index (κ2) is 11.2. The third-order valence-electron chi connectivity index (χ3n) is 9.47. The fraction of sp³-hybridized carbons (Fsp3) is 0. The number of furan rings is 1. The van der Waals surface area contributed by atoms with Crippen LogP contribution in [0.15, 0.2) is 174 Å². The van der Waals surface area contributed by atoms with Gasteiger partial charge in [-0.2, -0.15) is 0 Å². The van der Waals surface area contributed by atoms with Crippen LogP contribution in [-0.2, 0) is 0 Å². The summed E-state index contributed by atoms with van der Waals surface area (Å²) >= 11 is 1.77. The highest BCUT2D eigenvalue weighted by molar-refractivity contribution is 7.22. The zero-order valence-electron chi connectivity index (χ0n) is 26.4. The lowest BCUT2D eigenvalue weighted by atomic mass is 10.00. The van der Waals surface area contributed by atoms with Crippen LogP contribution in [0.25, 0.3) is 75.4 Å². The lowest BCUT2D eigenvalue weighted by Crippen LogP contribution is -2.09. The molecule has 2 heterocycles. The Morgan fingerprint density at radius 2 is 1.10 bits per heavy atom. The average molecular weight is 645 g/mol. The van der Waals surface area contributed by atoms with Crippen molar-refractivity contribution in [3.05, 3.63) is 170 Å². The van der Waals surface area contributed by atoms with E-state index in [0.717, 1.165) is 66.2 Å². The van der Waals surface area contributed by atoms with Gasteiger partial charge in [0.25, 0.3) is 0 Å². The summed E-state index contributed by atoms with van der Waals surface area (Å²) < 4.78 is 7.42. The predicted molar refractivity (Wildman–Crippen MR) is 207 cm³/mol. The maximum absolute atomic E-state index is 6.20. The molecule has 49 heavy (non-hydrogen) atoms.